The molecule has 2 N–H and O–H groups in total. The molecule has 0 spiro atoms. The molecule has 0 saturated carbocycles. The van der Waals surface area contributed by atoms with E-state index in [2.05, 4.69) is 10.6 Å². The maximum atomic E-state index is 13.2. The fourth-order valence-electron chi connectivity index (χ4n) is 1.86. The van der Waals surface area contributed by atoms with E-state index in [1.807, 2.05) is 6.92 Å². The molecule has 0 aliphatic heterocycles. The highest BCUT2D eigenvalue weighted by Gasteiger charge is 2.18. The van der Waals surface area contributed by atoms with E-state index in [4.69, 9.17) is 4.74 Å². The number of hydrogen-bond acceptors (Lipinski definition) is 3. The van der Waals surface area contributed by atoms with Crippen molar-refractivity contribution < 1.29 is 18.3 Å². The molecule has 0 saturated heterocycles. The van der Waals surface area contributed by atoms with Crippen LogP contribution in [0.4, 0.5) is 13.6 Å². The number of carbonyl (C=O) groups excluding carboxylic acids is 1. The van der Waals surface area contributed by atoms with E-state index in [1.54, 1.807) is 27.7 Å². The second-order valence-corrected chi connectivity index (χ2v) is 6.38. The zero-order chi connectivity index (χ0) is 16.9. The van der Waals surface area contributed by atoms with Gasteiger partial charge < -0.3 is 15.4 Å². The van der Waals surface area contributed by atoms with Crippen LogP contribution < -0.4 is 10.6 Å². The van der Waals surface area contributed by atoms with E-state index in [0.29, 0.717) is 12.1 Å². The lowest BCUT2D eigenvalue weighted by atomic mass is 10.1. The van der Waals surface area contributed by atoms with Crippen LogP contribution >= 0.6 is 0 Å². The molecular formula is C16H24F2N2O2. The maximum Gasteiger partial charge on any atom is 0.407 e. The second kappa shape index (κ2) is 7.54. The largest absolute Gasteiger partial charge is 0.444 e. The van der Waals surface area contributed by atoms with Crippen LogP contribution in [0.2, 0.25) is 0 Å². The van der Waals surface area contributed by atoms with Crippen molar-refractivity contribution in [2.24, 2.45) is 0 Å². The molecule has 1 aromatic carbocycles. The molecular weight excluding hydrogens is 290 g/mol. The Labute approximate surface area is 130 Å². The highest BCUT2D eigenvalue weighted by atomic mass is 19.1. The van der Waals surface area contributed by atoms with E-state index in [-0.39, 0.29) is 12.1 Å². The van der Waals surface area contributed by atoms with Gasteiger partial charge in [0.2, 0.25) is 0 Å². The average molecular weight is 314 g/mol. The van der Waals surface area contributed by atoms with Crippen LogP contribution in [-0.4, -0.2) is 24.3 Å². The van der Waals surface area contributed by atoms with Crippen LogP contribution in [0.5, 0.6) is 0 Å². The van der Waals surface area contributed by atoms with E-state index < -0.39 is 23.3 Å². The minimum atomic E-state index is -0.608. The van der Waals surface area contributed by atoms with Gasteiger partial charge in [-0.05, 0) is 52.3 Å². The lowest BCUT2D eigenvalue weighted by molar-refractivity contribution is 0.0507. The Kier molecular flexibility index (Phi) is 6.29. The fourth-order valence-corrected chi connectivity index (χ4v) is 1.86. The predicted molar refractivity (Wildman–Crippen MR) is 81.6 cm³/mol. The first kappa shape index (κ1) is 18.4. The summed E-state index contributed by atoms with van der Waals surface area (Å²) in [4.78, 5) is 11.6. The van der Waals surface area contributed by atoms with Crippen molar-refractivity contribution in [3.63, 3.8) is 0 Å². The standard InChI is InChI=1S/C16H24F2N2O2/c1-10(20-15(21)22-16(3,4)5)9-19-11(2)12-6-13(17)8-14(18)7-12/h6-8,10-11,19H,9H2,1-5H3,(H,20,21). The number of rotatable bonds is 5. The van der Waals surface area contributed by atoms with E-state index in [0.717, 1.165) is 6.07 Å². The smallest absolute Gasteiger partial charge is 0.407 e. The van der Waals surface area contributed by atoms with E-state index in [9.17, 15) is 13.6 Å². The Hall–Kier alpha value is -1.69. The highest BCUT2D eigenvalue weighted by Crippen LogP contribution is 2.15. The van der Waals surface area contributed by atoms with Gasteiger partial charge in [-0.25, -0.2) is 13.6 Å². The first-order valence-electron chi connectivity index (χ1n) is 7.25. The minimum Gasteiger partial charge on any atom is -0.444 e. The summed E-state index contributed by atoms with van der Waals surface area (Å²) >= 11 is 0. The molecule has 0 aliphatic rings. The molecule has 2 atom stereocenters. The number of amides is 1. The molecule has 1 rings (SSSR count). The molecule has 6 heteroatoms. The summed E-state index contributed by atoms with van der Waals surface area (Å²) in [5.74, 6) is -1.22. The number of benzene rings is 1. The Morgan fingerprint density at radius 1 is 1.18 bits per heavy atom. The van der Waals surface area contributed by atoms with Gasteiger partial charge in [0.1, 0.15) is 17.2 Å². The van der Waals surface area contributed by atoms with Crippen molar-refractivity contribution >= 4 is 6.09 Å². The molecule has 124 valence electrons. The second-order valence-electron chi connectivity index (χ2n) is 6.38. The SMILES string of the molecule is CC(CNC(C)c1cc(F)cc(F)c1)NC(=O)OC(C)(C)C. The Balaban J connectivity index is 2.46. The number of nitrogens with one attached hydrogen (secondary N) is 2. The van der Waals surface area contributed by atoms with Gasteiger partial charge in [-0.3, -0.25) is 0 Å². The zero-order valence-corrected chi connectivity index (χ0v) is 13.7. The lowest BCUT2D eigenvalue weighted by Gasteiger charge is -2.23. The number of ether oxygens (including phenoxy) is 1. The van der Waals surface area contributed by atoms with Gasteiger partial charge in [-0.1, -0.05) is 0 Å². The Morgan fingerprint density at radius 2 is 1.73 bits per heavy atom. The molecule has 0 aliphatic carbocycles. The van der Waals surface area contributed by atoms with Gasteiger partial charge in [-0.15, -0.1) is 0 Å². The number of hydrogen-bond donors (Lipinski definition) is 2. The molecule has 22 heavy (non-hydrogen) atoms. The van der Waals surface area contributed by atoms with Crippen LogP contribution in [-0.2, 0) is 4.74 Å². The Bertz CT molecular complexity index is 495. The summed E-state index contributed by atoms with van der Waals surface area (Å²) in [6.07, 6.45) is -0.494. The number of alkyl carbamates (subject to hydrolysis) is 1. The third kappa shape index (κ3) is 6.85. The summed E-state index contributed by atoms with van der Waals surface area (Å²) < 4.78 is 31.5. The van der Waals surface area contributed by atoms with Gasteiger partial charge in [-0.2, -0.15) is 0 Å². The zero-order valence-electron chi connectivity index (χ0n) is 13.7. The summed E-state index contributed by atoms with van der Waals surface area (Å²) in [7, 11) is 0. The molecule has 0 heterocycles. The lowest BCUT2D eigenvalue weighted by Crippen LogP contribution is -2.43. The molecule has 2 unspecified atom stereocenters. The molecule has 4 nitrogen and oxygen atoms in total. The summed E-state index contributed by atoms with van der Waals surface area (Å²) in [6.45, 7) is 9.42. The van der Waals surface area contributed by atoms with Crippen molar-refractivity contribution in [3.8, 4) is 0 Å². The number of carbonyl (C=O) groups is 1. The quantitative estimate of drug-likeness (QED) is 0.874. The molecule has 1 aromatic rings. The first-order valence-corrected chi connectivity index (χ1v) is 7.25. The van der Waals surface area contributed by atoms with E-state index in [1.165, 1.54) is 12.1 Å². The van der Waals surface area contributed by atoms with Crippen LogP contribution in [0, 0.1) is 11.6 Å². The fraction of sp³-hybridized carbons (Fsp3) is 0.562. The van der Waals surface area contributed by atoms with Gasteiger partial charge in [0.15, 0.2) is 0 Å². The van der Waals surface area contributed by atoms with Gasteiger partial charge in [0, 0.05) is 24.7 Å². The molecule has 0 radical (unpaired) electrons. The first-order chi connectivity index (χ1) is 10.1. The third-order valence-corrected chi connectivity index (χ3v) is 2.88. The normalized spacial score (nSPS) is 14.3. The molecule has 1 amide bonds. The van der Waals surface area contributed by atoms with Gasteiger partial charge in [0.05, 0.1) is 0 Å². The van der Waals surface area contributed by atoms with Gasteiger partial charge in [0.25, 0.3) is 0 Å². The summed E-state index contributed by atoms with van der Waals surface area (Å²) in [6, 6.07) is 2.98. The molecule has 0 bridgehead atoms. The van der Waals surface area contributed by atoms with E-state index >= 15 is 0 Å². The van der Waals surface area contributed by atoms with Crippen molar-refractivity contribution in [3.05, 3.63) is 35.4 Å². The van der Waals surface area contributed by atoms with Crippen LogP contribution in [0.15, 0.2) is 18.2 Å². The Morgan fingerprint density at radius 3 is 2.23 bits per heavy atom. The van der Waals surface area contributed by atoms with Crippen molar-refractivity contribution in [1.29, 1.82) is 0 Å². The predicted octanol–water partition coefficient (Wildman–Crippen LogP) is 3.53. The highest BCUT2D eigenvalue weighted by molar-refractivity contribution is 5.68. The van der Waals surface area contributed by atoms with Crippen molar-refractivity contribution in [2.75, 3.05) is 6.54 Å². The van der Waals surface area contributed by atoms with Crippen LogP contribution in [0.25, 0.3) is 0 Å². The summed E-state index contributed by atoms with van der Waals surface area (Å²) in [5, 5.41) is 5.81. The topological polar surface area (TPSA) is 50.4 Å². The van der Waals surface area contributed by atoms with Gasteiger partial charge >= 0.3 is 6.09 Å². The van der Waals surface area contributed by atoms with Crippen molar-refractivity contribution in [1.82, 2.24) is 10.6 Å². The molecule has 0 fully saturated rings. The molecule has 0 aromatic heterocycles. The average Bonchev–Trinajstić information content (AvgIpc) is 2.32. The van der Waals surface area contributed by atoms with Crippen molar-refractivity contribution in [2.45, 2.75) is 52.3 Å². The maximum absolute atomic E-state index is 13.2. The van der Waals surface area contributed by atoms with Crippen LogP contribution in [0.3, 0.4) is 0 Å². The number of halogens is 2. The summed E-state index contributed by atoms with van der Waals surface area (Å²) in [5.41, 5.74) is -0.0363. The third-order valence-electron chi connectivity index (χ3n) is 2.88. The monoisotopic (exact) mass is 314 g/mol. The minimum absolute atomic E-state index is 0.185. The van der Waals surface area contributed by atoms with Crippen LogP contribution in [0.1, 0.15) is 46.2 Å².